The summed E-state index contributed by atoms with van der Waals surface area (Å²) in [5.74, 6) is 0.268. The molecule has 21 heavy (non-hydrogen) atoms. The van der Waals surface area contributed by atoms with Gasteiger partial charge in [0, 0.05) is 38.6 Å². The van der Waals surface area contributed by atoms with Gasteiger partial charge in [-0.15, -0.1) is 12.4 Å². The van der Waals surface area contributed by atoms with Crippen molar-refractivity contribution < 1.29 is 9.59 Å². The molecule has 0 aromatic heterocycles. The summed E-state index contributed by atoms with van der Waals surface area (Å²) in [5, 5.41) is 0. The number of carbonyl (C=O) groups excluding carboxylic acids is 2. The molecule has 1 fully saturated rings. The quantitative estimate of drug-likeness (QED) is 0.835. The molecule has 2 N–H and O–H groups in total. The van der Waals surface area contributed by atoms with Gasteiger partial charge >= 0.3 is 0 Å². The fraction of sp³-hybridized carbons (Fsp3) is 0.867. The lowest BCUT2D eigenvalue weighted by Gasteiger charge is -2.36. The zero-order valence-electron chi connectivity index (χ0n) is 13.7. The van der Waals surface area contributed by atoms with E-state index >= 15 is 0 Å². The number of rotatable bonds is 5. The van der Waals surface area contributed by atoms with Crippen LogP contribution >= 0.6 is 12.4 Å². The highest BCUT2D eigenvalue weighted by Crippen LogP contribution is 2.21. The minimum atomic E-state index is -0.0734. The van der Waals surface area contributed by atoms with E-state index in [2.05, 4.69) is 0 Å². The Labute approximate surface area is 134 Å². The molecule has 1 rings (SSSR count). The van der Waals surface area contributed by atoms with E-state index < -0.39 is 0 Å². The standard InChI is InChI=1S/C15H29N3O2.ClH/c1-5-11(2)14(19)18-8-6-7-13(10-18)15(20)17(4)12(3)9-16;/h11-13H,5-10,16H2,1-4H3;1H. The van der Waals surface area contributed by atoms with Crippen molar-refractivity contribution in [3.05, 3.63) is 0 Å². The summed E-state index contributed by atoms with van der Waals surface area (Å²) in [7, 11) is 1.80. The summed E-state index contributed by atoms with van der Waals surface area (Å²) < 4.78 is 0. The van der Waals surface area contributed by atoms with Gasteiger partial charge in [-0.25, -0.2) is 0 Å². The number of halogens is 1. The molecular weight excluding hydrogens is 290 g/mol. The zero-order valence-corrected chi connectivity index (χ0v) is 14.5. The highest BCUT2D eigenvalue weighted by atomic mass is 35.5. The summed E-state index contributed by atoms with van der Waals surface area (Å²) in [6.07, 6.45) is 2.62. The number of likely N-dealkylation sites (N-methyl/N-ethyl adjacent to an activating group) is 1. The fourth-order valence-electron chi connectivity index (χ4n) is 2.53. The minimum absolute atomic E-state index is 0. The van der Waals surface area contributed by atoms with Crippen LogP contribution in [0, 0.1) is 11.8 Å². The number of amides is 2. The van der Waals surface area contributed by atoms with Gasteiger partial charge in [-0.05, 0) is 26.2 Å². The fourth-order valence-corrected chi connectivity index (χ4v) is 2.53. The number of nitrogens with zero attached hydrogens (tertiary/aromatic N) is 2. The molecule has 0 spiro atoms. The summed E-state index contributed by atoms with van der Waals surface area (Å²) in [6, 6.07) is 0.0446. The van der Waals surface area contributed by atoms with Gasteiger partial charge in [-0.1, -0.05) is 13.8 Å². The van der Waals surface area contributed by atoms with Crippen molar-refractivity contribution in [2.24, 2.45) is 17.6 Å². The lowest BCUT2D eigenvalue weighted by atomic mass is 9.94. The van der Waals surface area contributed by atoms with Crippen LogP contribution in [0.1, 0.15) is 40.0 Å². The Morgan fingerprint density at radius 1 is 1.38 bits per heavy atom. The van der Waals surface area contributed by atoms with Crippen LogP contribution in [0.25, 0.3) is 0 Å². The van der Waals surface area contributed by atoms with Crippen LogP contribution in [0.2, 0.25) is 0 Å². The predicted octanol–water partition coefficient (Wildman–Crippen LogP) is 1.50. The van der Waals surface area contributed by atoms with Gasteiger partial charge in [0.2, 0.25) is 11.8 Å². The molecule has 1 aliphatic rings. The molecule has 0 radical (unpaired) electrons. The molecule has 5 nitrogen and oxygen atoms in total. The van der Waals surface area contributed by atoms with Crippen LogP contribution in [-0.2, 0) is 9.59 Å². The van der Waals surface area contributed by atoms with E-state index in [9.17, 15) is 9.59 Å². The molecule has 1 aliphatic heterocycles. The number of likely N-dealkylation sites (tertiary alicyclic amines) is 1. The van der Waals surface area contributed by atoms with Gasteiger partial charge in [-0.3, -0.25) is 9.59 Å². The first-order valence-electron chi connectivity index (χ1n) is 7.67. The smallest absolute Gasteiger partial charge is 0.227 e. The van der Waals surface area contributed by atoms with Gasteiger partial charge in [0.25, 0.3) is 0 Å². The van der Waals surface area contributed by atoms with Gasteiger partial charge in [0.1, 0.15) is 0 Å². The van der Waals surface area contributed by atoms with Gasteiger partial charge in [0.15, 0.2) is 0 Å². The van der Waals surface area contributed by atoms with Crippen molar-refractivity contribution in [3.63, 3.8) is 0 Å². The topological polar surface area (TPSA) is 66.6 Å². The Bertz CT molecular complexity index is 352. The third-order valence-electron chi connectivity index (χ3n) is 4.47. The van der Waals surface area contributed by atoms with Crippen LogP contribution in [0.5, 0.6) is 0 Å². The summed E-state index contributed by atoms with van der Waals surface area (Å²) >= 11 is 0. The Kier molecular flexibility index (Phi) is 8.90. The van der Waals surface area contributed by atoms with Crippen molar-refractivity contribution in [2.75, 3.05) is 26.7 Å². The second-order valence-electron chi connectivity index (χ2n) is 5.97. The number of nitrogens with two attached hydrogens (primary N) is 1. The second-order valence-corrected chi connectivity index (χ2v) is 5.97. The summed E-state index contributed by atoms with van der Waals surface area (Å²) in [6.45, 7) is 7.72. The minimum Gasteiger partial charge on any atom is -0.342 e. The lowest BCUT2D eigenvalue weighted by molar-refractivity contribution is -0.142. The molecule has 0 aromatic rings. The van der Waals surface area contributed by atoms with Crippen molar-refractivity contribution in [1.82, 2.24) is 9.80 Å². The Morgan fingerprint density at radius 3 is 2.52 bits per heavy atom. The van der Waals surface area contributed by atoms with Crippen molar-refractivity contribution >= 4 is 24.2 Å². The molecule has 6 heteroatoms. The molecule has 2 amide bonds. The van der Waals surface area contributed by atoms with E-state index in [1.165, 1.54) is 0 Å². The average molecular weight is 320 g/mol. The van der Waals surface area contributed by atoms with E-state index in [0.717, 1.165) is 25.8 Å². The first kappa shape index (κ1) is 20.2. The van der Waals surface area contributed by atoms with Crippen LogP contribution in [-0.4, -0.2) is 54.3 Å². The van der Waals surface area contributed by atoms with Crippen LogP contribution in [0.15, 0.2) is 0 Å². The molecule has 3 atom stereocenters. The van der Waals surface area contributed by atoms with Crippen LogP contribution in [0.4, 0.5) is 0 Å². The summed E-state index contributed by atoms with van der Waals surface area (Å²) in [4.78, 5) is 28.3. The van der Waals surface area contributed by atoms with Crippen molar-refractivity contribution in [1.29, 1.82) is 0 Å². The van der Waals surface area contributed by atoms with Crippen LogP contribution in [0.3, 0.4) is 0 Å². The molecule has 124 valence electrons. The second kappa shape index (κ2) is 9.26. The Hall–Kier alpha value is -0.810. The van der Waals surface area contributed by atoms with E-state index in [0.29, 0.717) is 13.1 Å². The maximum Gasteiger partial charge on any atom is 0.227 e. The third-order valence-corrected chi connectivity index (χ3v) is 4.47. The van der Waals surface area contributed by atoms with Crippen molar-refractivity contribution in [2.45, 2.75) is 46.1 Å². The lowest BCUT2D eigenvalue weighted by Crippen LogP contribution is -2.49. The Balaban J connectivity index is 0.00000400. The van der Waals surface area contributed by atoms with E-state index in [1.54, 1.807) is 11.9 Å². The third kappa shape index (κ3) is 5.15. The molecular formula is C15H30ClN3O2. The maximum absolute atomic E-state index is 12.4. The maximum atomic E-state index is 12.4. The average Bonchev–Trinajstić information content (AvgIpc) is 2.51. The number of hydrogen-bond acceptors (Lipinski definition) is 3. The summed E-state index contributed by atoms with van der Waals surface area (Å²) in [5.41, 5.74) is 5.62. The Morgan fingerprint density at radius 2 is 2.00 bits per heavy atom. The van der Waals surface area contributed by atoms with Crippen molar-refractivity contribution in [3.8, 4) is 0 Å². The molecule has 0 aromatic carbocycles. The van der Waals surface area contributed by atoms with Crippen LogP contribution < -0.4 is 5.73 Å². The molecule has 1 saturated heterocycles. The molecule has 0 aliphatic carbocycles. The van der Waals surface area contributed by atoms with Gasteiger partial charge < -0.3 is 15.5 Å². The highest BCUT2D eigenvalue weighted by Gasteiger charge is 2.32. The normalized spacial score (nSPS) is 21.2. The van der Waals surface area contributed by atoms with E-state index in [1.807, 2.05) is 25.7 Å². The first-order chi connectivity index (χ1) is 9.42. The largest absolute Gasteiger partial charge is 0.342 e. The van der Waals surface area contributed by atoms with E-state index in [4.69, 9.17) is 5.73 Å². The molecule has 3 unspecified atom stereocenters. The highest BCUT2D eigenvalue weighted by molar-refractivity contribution is 5.85. The SMILES string of the molecule is CCC(C)C(=O)N1CCCC(C(=O)N(C)C(C)CN)C1.Cl. The number of piperidine rings is 1. The molecule has 0 bridgehead atoms. The van der Waals surface area contributed by atoms with Gasteiger partial charge in [-0.2, -0.15) is 0 Å². The zero-order chi connectivity index (χ0) is 15.3. The predicted molar refractivity (Wildman–Crippen MR) is 87.3 cm³/mol. The number of hydrogen-bond donors (Lipinski definition) is 1. The monoisotopic (exact) mass is 319 g/mol. The molecule has 1 heterocycles. The first-order valence-corrected chi connectivity index (χ1v) is 7.67. The number of carbonyl (C=O) groups is 2. The molecule has 0 saturated carbocycles. The van der Waals surface area contributed by atoms with Gasteiger partial charge in [0.05, 0.1) is 5.92 Å². The van der Waals surface area contributed by atoms with E-state index in [-0.39, 0.29) is 42.1 Å².